The van der Waals surface area contributed by atoms with E-state index in [9.17, 15) is 8.60 Å². The van der Waals surface area contributed by atoms with Crippen LogP contribution in [-0.4, -0.2) is 16.0 Å². The first-order valence-electron chi connectivity index (χ1n) is 6.12. The van der Waals surface area contributed by atoms with Crippen molar-refractivity contribution in [1.82, 2.24) is 5.32 Å². The zero-order valence-corrected chi connectivity index (χ0v) is 11.0. The monoisotopic (exact) mass is 255 g/mol. The van der Waals surface area contributed by atoms with Crippen LogP contribution in [0.5, 0.6) is 0 Å². The minimum Gasteiger partial charge on any atom is -0.309 e. The third-order valence-electron chi connectivity index (χ3n) is 3.19. The first kappa shape index (κ1) is 12.7. The molecule has 94 valence electrons. The van der Waals surface area contributed by atoms with Gasteiger partial charge < -0.3 is 5.32 Å². The van der Waals surface area contributed by atoms with Crippen molar-refractivity contribution in [3.63, 3.8) is 0 Å². The van der Waals surface area contributed by atoms with Crippen molar-refractivity contribution in [3.05, 3.63) is 29.6 Å². The number of hydrogen-bond acceptors (Lipinski definition) is 2. The Hall–Kier alpha value is -0.740. The smallest absolute Gasteiger partial charge is 0.124 e. The molecule has 17 heavy (non-hydrogen) atoms. The molecular weight excluding hydrogens is 237 g/mol. The molecule has 3 unspecified atom stereocenters. The molecule has 1 heterocycles. The second-order valence-corrected chi connectivity index (χ2v) is 6.00. The summed E-state index contributed by atoms with van der Waals surface area (Å²) in [6, 6.07) is 4.75. The van der Waals surface area contributed by atoms with E-state index < -0.39 is 10.8 Å². The van der Waals surface area contributed by atoms with Crippen LogP contribution >= 0.6 is 0 Å². The largest absolute Gasteiger partial charge is 0.309 e. The lowest BCUT2D eigenvalue weighted by Crippen LogP contribution is -2.30. The van der Waals surface area contributed by atoms with Gasteiger partial charge in [0.1, 0.15) is 5.82 Å². The van der Waals surface area contributed by atoms with E-state index >= 15 is 0 Å². The van der Waals surface area contributed by atoms with Gasteiger partial charge in [0.15, 0.2) is 0 Å². The molecule has 0 amide bonds. The van der Waals surface area contributed by atoms with Gasteiger partial charge in [0, 0.05) is 10.9 Å². The van der Waals surface area contributed by atoms with E-state index in [1.807, 2.05) is 6.92 Å². The lowest BCUT2D eigenvalue weighted by atomic mass is 10.0. The highest BCUT2D eigenvalue weighted by molar-refractivity contribution is 7.86. The summed E-state index contributed by atoms with van der Waals surface area (Å²) >= 11 is 0. The van der Waals surface area contributed by atoms with Gasteiger partial charge in [-0.25, -0.2) is 4.39 Å². The molecule has 1 N–H and O–H groups in total. The fraction of sp³-hybridized carbons (Fsp3) is 0.538. The zero-order chi connectivity index (χ0) is 12.4. The second kappa shape index (κ2) is 5.27. The third-order valence-corrected chi connectivity index (χ3v) is 5.13. The number of hydrogen-bond donors (Lipinski definition) is 1. The molecule has 0 radical (unpaired) electrons. The summed E-state index contributed by atoms with van der Waals surface area (Å²) in [4.78, 5) is 0.672. The minimum absolute atomic E-state index is 0.0679. The second-order valence-electron chi connectivity index (χ2n) is 4.36. The Morgan fingerprint density at radius 1 is 1.41 bits per heavy atom. The molecule has 1 aliphatic heterocycles. The number of nitrogens with one attached hydrogen (secondary N) is 1. The molecule has 0 aliphatic carbocycles. The average molecular weight is 255 g/mol. The van der Waals surface area contributed by atoms with E-state index in [4.69, 9.17) is 0 Å². The Labute approximate surface area is 104 Å². The maximum Gasteiger partial charge on any atom is 0.124 e. The van der Waals surface area contributed by atoms with Crippen molar-refractivity contribution in [3.8, 4) is 0 Å². The number of halogens is 1. The summed E-state index contributed by atoms with van der Waals surface area (Å²) in [7, 11) is -1.08. The van der Waals surface area contributed by atoms with Crippen LogP contribution < -0.4 is 5.32 Å². The molecule has 2 nitrogen and oxygen atoms in total. The quantitative estimate of drug-likeness (QED) is 0.896. The van der Waals surface area contributed by atoms with Crippen LogP contribution in [0.25, 0.3) is 0 Å². The molecule has 4 heteroatoms. The Bertz CT molecular complexity index is 435. The molecule has 1 aliphatic rings. The summed E-state index contributed by atoms with van der Waals surface area (Å²) in [5.74, 6) is -0.303. The Morgan fingerprint density at radius 3 is 2.82 bits per heavy atom. The summed E-state index contributed by atoms with van der Waals surface area (Å²) in [6.45, 7) is 5.03. The maximum absolute atomic E-state index is 13.2. The van der Waals surface area contributed by atoms with E-state index in [1.54, 1.807) is 6.07 Å². The molecule has 0 aromatic heterocycles. The van der Waals surface area contributed by atoms with Gasteiger partial charge in [-0.3, -0.25) is 4.21 Å². The van der Waals surface area contributed by atoms with Crippen molar-refractivity contribution < 1.29 is 8.60 Å². The van der Waals surface area contributed by atoms with Gasteiger partial charge in [-0.2, -0.15) is 0 Å². The van der Waals surface area contributed by atoms with Crippen LogP contribution in [0.3, 0.4) is 0 Å². The highest BCUT2D eigenvalue weighted by Gasteiger charge is 2.37. The van der Waals surface area contributed by atoms with Gasteiger partial charge in [-0.15, -0.1) is 0 Å². The Kier molecular flexibility index (Phi) is 3.94. The summed E-state index contributed by atoms with van der Waals surface area (Å²) < 4.78 is 25.4. The predicted molar refractivity (Wildman–Crippen MR) is 67.9 cm³/mol. The van der Waals surface area contributed by atoms with Crippen LogP contribution in [0.15, 0.2) is 23.1 Å². The first-order chi connectivity index (χ1) is 8.19. The SMILES string of the molecule is CCCNC1c2ccc(F)cc2S(=O)C1CC. The number of benzene rings is 1. The van der Waals surface area contributed by atoms with Gasteiger partial charge >= 0.3 is 0 Å². The van der Waals surface area contributed by atoms with Crippen molar-refractivity contribution in [2.24, 2.45) is 0 Å². The van der Waals surface area contributed by atoms with E-state index in [0.29, 0.717) is 4.90 Å². The highest BCUT2D eigenvalue weighted by atomic mass is 32.2. The molecule has 0 bridgehead atoms. The molecule has 1 aromatic rings. The standard InChI is InChI=1S/C13H18FNOS/c1-3-7-15-13-10-6-5-9(14)8-12(10)17(16)11(13)4-2/h5-6,8,11,13,15H,3-4,7H2,1-2H3. The normalized spacial score (nSPS) is 27.1. The number of fused-ring (bicyclic) bond motifs is 1. The molecule has 0 spiro atoms. The fourth-order valence-corrected chi connectivity index (χ4v) is 4.13. The molecule has 0 saturated carbocycles. The Balaban J connectivity index is 2.35. The highest BCUT2D eigenvalue weighted by Crippen LogP contribution is 2.38. The maximum atomic E-state index is 13.2. The summed E-state index contributed by atoms with van der Waals surface area (Å²) in [5.41, 5.74) is 1.00. The Morgan fingerprint density at radius 2 is 2.18 bits per heavy atom. The van der Waals surface area contributed by atoms with Gasteiger partial charge in [0.25, 0.3) is 0 Å². The van der Waals surface area contributed by atoms with Crippen molar-refractivity contribution in [2.45, 2.75) is 42.9 Å². The van der Waals surface area contributed by atoms with Crippen LogP contribution in [0.1, 0.15) is 38.3 Å². The topological polar surface area (TPSA) is 29.1 Å². The van der Waals surface area contributed by atoms with Gasteiger partial charge in [0.2, 0.25) is 0 Å². The first-order valence-corrected chi connectivity index (χ1v) is 7.33. The molecule has 1 aromatic carbocycles. The molecule has 0 saturated heterocycles. The van der Waals surface area contributed by atoms with Crippen LogP contribution in [-0.2, 0) is 10.8 Å². The van der Waals surface area contributed by atoms with E-state index in [2.05, 4.69) is 12.2 Å². The molecule has 3 atom stereocenters. The van der Waals surface area contributed by atoms with Gasteiger partial charge in [0.05, 0.1) is 16.0 Å². The number of rotatable bonds is 4. The van der Waals surface area contributed by atoms with E-state index in [1.165, 1.54) is 12.1 Å². The van der Waals surface area contributed by atoms with Gasteiger partial charge in [-0.1, -0.05) is 19.9 Å². The zero-order valence-electron chi connectivity index (χ0n) is 10.2. The van der Waals surface area contributed by atoms with Crippen molar-refractivity contribution >= 4 is 10.8 Å². The average Bonchev–Trinajstić information content (AvgIpc) is 2.59. The molecule has 0 fully saturated rings. The van der Waals surface area contributed by atoms with Crippen molar-refractivity contribution in [2.75, 3.05) is 6.54 Å². The van der Waals surface area contributed by atoms with Crippen LogP contribution in [0, 0.1) is 5.82 Å². The van der Waals surface area contributed by atoms with Crippen molar-refractivity contribution in [1.29, 1.82) is 0 Å². The van der Waals surface area contributed by atoms with E-state index in [0.717, 1.165) is 24.9 Å². The fourth-order valence-electron chi connectivity index (χ4n) is 2.35. The summed E-state index contributed by atoms with van der Waals surface area (Å²) in [5, 5.41) is 3.49. The van der Waals surface area contributed by atoms with E-state index in [-0.39, 0.29) is 17.1 Å². The lowest BCUT2D eigenvalue weighted by Gasteiger charge is -2.19. The van der Waals surface area contributed by atoms with Crippen LogP contribution in [0.2, 0.25) is 0 Å². The molecular formula is C13H18FNOS. The third kappa shape index (κ3) is 2.29. The van der Waals surface area contributed by atoms with Crippen LogP contribution in [0.4, 0.5) is 4.39 Å². The lowest BCUT2D eigenvalue weighted by molar-refractivity contribution is 0.504. The molecule has 2 rings (SSSR count). The summed E-state index contributed by atoms with van der Waals surface area (Å²) in [6.07, 6.45) is 1.88. The minimum atomic E-state index is -1.08. The van der Waals surface area contributed by atoms with Gasteiger partial charge in [-0.05, 0) is 37.1 Å². The predicted octanol–water partition coefficient (Wildman–Crippen LogP) is 2.77.